The second kappa shape index (κ2) is 6.23. The van der Waals surface area contributed by atoms with E-state index < -0.39 is 0 Å². The van der Waals surface area contributed by atoms with Crippen molar-refractivity contribution in [1.29, 1.82) is 0 Å². The largest absolute Gasteiger partial charge is 0.321 e. The van der Waals surface area contributed by atoms with Crippen LogP contribution in [-0.2, 0) is 11.2 Å². The molecule has 1 aliphatic rings. The van der Waals surface area contributed by atoms with E-state index in [0.717, 1.165) is 18.7 Å². The van der Waals surface area contributed by atoms with Crippen molar-refractivity contribution < 1.29 is 9.69 Å². The number of anilines is 1. The van der Waals surface area contributed by atoms with Gasteiger partial charge in [0, 0.05) is 22.5 Å². The van der Waals surface area contributed by atoms with Gasteiger partial charge in [-0.15, -0.1) is 11.3 Å². The fraction of sp³-hybridized carbons (Fsp3) is 0.389. The molecule has 2 atom stereocenters. The quantitative estimate of drug-likeness (QED) is 0.896. The van der Waals surface area contributed by atoms with Gasteiger partial charge in [0.25, 0.3) is 5.91 Å². The summed E-state index contributed by atoms with van der Waals surface area (Å²) in [5, 5.41) is 5.20. The molecule has 3 rings (SSSR count). The van der Waals surface area contributed by atoms with Gasteiger partial charge < -0.3 is 10.2 Å². The lowest BCUT2D eigenvalue weighted by Gasteiger charge is -2.29. The molecule has 1 aromatic carbocycles. The van der Waals surface area contributed by atoms with Crippen LogP contribution >= 0.6 is 11.3 Å². The number of carbonyl (C=O) groups is 1. The summed E-state index contributed by atoms with van der Waals surface area (Å²) in [5.41, 5.74) is 4.77. The first-order valence-corrected chi connectivity index (χ1v) is 8.70. The van der Waals surface area contributed by atoms with Crippen molar-refractivity contribution in [2.24, 2.45) is 0 Å². The van der Waals surface area contributed by atoms with Crippen molar-refractivity contribution in [3.63, 3.8) is 0 Å². The highest BCUT2D eigenvalue weighted by molar-refractivity contribution is 7.10. The van der Waals surface area contributed by atoms with Crippen LogP contribution in [0, 0.1) is 13.8 Å². The Hall–Kier alpha value is -1.65. The van der Waals surface area contributed by atoms with E-state index in [4.69, 9.17) is 0 Å². The minimum atomic E-state index is 0.101. The summed E-state index contributed by atoms with van der Waals surface area (Å²) < 4.78 is 0. The molecule has 2 heterocycles. The van der Waals surface area contributed by atoms with Crippen molar-refractivity contribution in [3.8, 4) is 0 Å². The zero-order valence-corrected chi connectivity index (χ0v) is 14.2. The first-order valence-electron chi connectivity index (χ1n) is 7.82. The predicted molar refractivity (Wildman–Crippen MR) is 91.7 cm³/mol. The molecular weight excluding hydrogens is 292 g/mol. The number of hydrogen-bond acceptors (Lipinski definition) is 2. The molecule has 0 bridgehead atoms. The molecule has 22 heavy (non-hydrogen) atoms. The molecule has 0 aliphatic carbocycles. The van der Waals surface area contributed by atoms with Gasteiger partial charge in [0.15, 0.2) is 6.54 Å². The molecule has 0 fully saturated rings. The number of amides is 1. The van der Waals surface area contributed by atoms with Gasteiger partial charge in [0.2, 0.25) is 0 Å². The number of rotatable bonds is 3. The number of benzene rings is 1. The summed E-state index contributed by atoms with van der Waals surface area (Å²) in [7, 11) is 0. The number of aryl methyl sites for hydroxylation is 2. The van der Waals surface area contributed by atoms with Crippen molar-refractivity contribution in [2.45, 2.75) is 33.2 Å². The van der Waals surface area contributed by atoms with E-state index in [1.54, 1.807) is 0 Å². The maximum absolute atomic E-state index is 12.3. The summed E-state index contributed by atoms with van der Waals surface area (Å²) in [5.74, 6) is 0.101. The van der Waals surface area contributed by atoms with Gasteiger partial charge >= 0.3 is 0 Å². The molecule has 1 amide bonds. The fourth-order valence-corrected chi connectivity index (χ4v) is 4.10. The zero-order valence-electron chi connectivity index (χ0n) is 13.4. The zero-order chi connectivity index (χ0) is 15.7. The number of hydrogen-bond donors (Lipinski definition) is 2. The van der Waals surface area contributed by atoms with Crippen molar-refractivity contribution in [3.05, 3.63) is 51.2 Å². The molecule has 0 radical (unpaired) electrons. The summed E-state index contributed by atoms with van der Waals surface area (Å²) in [6, 6.07) is 8.69. The van der Waals surface area contributed by atoms with Crippen LogP contribution in [-0.4, -0.2) is 19.0 Å². The molecule has 0 saturated carbocycles. The third-order valence-corrected chi connectivity index (χ3v) is 5.71. The lowest BCUT2D eigenvalue weighted by Crippen LogP contribution is -3.14. The van der Waals surface area contributed by atoms with Gasteiger partial charge in [0.05, 0.1) is 6.54 Å². The molecular formula is C18H23N2OS+. The average molecular weight is 315 g/mol. The number of fused-ring (bicyclic) bond motifs is 1. The Labute approximate surface area is 136 Å². The van der Waals surface area contributed by atoms with E-state index in [9.17, 15) is 4.79 Å². The Morgan fingerprint density at radius 2 is 2.14 bits per heavy atom. The smallest absolute Gasteiger partial charge is 0.279 e. The number of thiophene rings is 1. The number of carbonyl (C=O) groups excluding carboxylic acids is 1. The van der Waals surface area contributed by atoms with Crippen molar-refractivity contribution in [1.82, 2.24) is 0 Å². The lowest BCUT2D eigenvalue weighted by atomic mass is 10.0. The van der Waals surface area contributed by atoms with E-state index in [1.807, 2.05) is 23.5 Å². The van der Waals surface area contributed by atoms with E-state index >= 15 is 0 Å². The molecule has 1 aromatic heterocycles. The van der Waals surface area contributed by atoms with E-state index in [-0.39, 0.29) is 5.91 Å². The van der Waals surface area contributed by atoms with Gasteiger partial charge in [-0.3, -0.25) is 4.79 Å². The van der Waals surface area contributed by atoms with Crippen LogP contribution in [0.5, 0.6) is 0 Å². The molecule has 0 spiro atoms. The Morgan fingerprint density at radius 3 is 2.91 bits per heavy atom. The van der Waals surface area contributed by atoms with Crippen LogP contribution < -0.4 is 10.2 Å². The van der Waals surface area contributed by atoms with E-state index in [0.29, 0.717) is 12.6 Å². The van der Waals surface area contributed by atoms with Crippen LogP contribution in [0.2, 0.25) is 0 Å². The minimum Gasteiger partial charge on any atom is -0.321 e. The molecule has 1 unspecified atom stereocenters. The molecule has 2 N–H and O–H groups in total. The Morgan fingerprint density at radius 1 is 1.32 bits per heavy atom. The number of nitrogens with one attached hydrogen (secondary N) is 2. The van der Waals surface area contributed by atoms with Gasteiger partial charge in [-0.05, 0) is 55.5 Å². The van der Waals surface area contributed by atoms with Crippen molar-refractivity contribution in [2.75, 3.05) is 18.4 Å². The van der Waals surface area contributed by atoms with E-state index in [1.165, 1.54) is 26.5 Å². The van der Waals surface area contributed by atoms with Crippen LogP contribution in [0.3, 0.4) is 0 Å². The Kier molecular flexibility index (Phi) is 4.32. The fourth-order valence-electron chi connectivity index (χ4n) is 3.12. The predicted octanol–water partition coefficient (Wildman–Crippen LogP) is 2.51. The highest BCUT2D eigenvalue weighted by atomic mass is 32.1. The van der Waals surface area contributed by atoms with Gasteiger partial charge in [-0.2, -0.15) is 0 Å². The monoisotopic (exact) mass is 315 g/mol. The van der Waals surface area contributed by atoms with E-state index in [2.05, 4.69) is 43.6 Å². The Bertz CT molecular complexity index is 692. The second-order valence-electron chi connectivity index (χ2n) is 6.20. The first kappa shape index (κ1) is 15.3. The van der Waals surface area contributed by atoms with Crippen LogP contribution in [0.4, 0.5) is 5.69 Å². The molecule has 3 nitrogen and oxygen atoms in total. The molecule has 1 aliphatic heterocycles. The average Bonchev–Trinajstić information content (AvgIpc) is 2.95. The number of quaternary nitrogens is 1. The van der Waals surface area contributed by atoms with Gasteiger partial charge in [-0.1, -0.05) is 6.07 Å². The second-order valence-corrected chi connectivity index (χ2v) is 7.20. The highest BCUT2D eigenvalue weighted by Crippen LogP contribution is 2.24. The summed E-state index contributed by atoms with van der Waals surface area (Å²) in [6.07, 6.45) is 1.09. The maximum Gasteiger partial charge on any atom is 0.279 e. The topological polar surface area (TPSA) is 33.5 Å². The summed E-state index contributed by atoms with van der Waals surface area (Å²) in [4.78, 5) is 15.2. The third-order valence-electron chi connectivity index (χ3n) is 4.71. The van der Waals surface area contributed by atoms with Crippen LogP contribution in [0.15, 0.2) is 29.6 Å². The molecule has 116 valence electrons. The van der Waals surface area contributed by atoms with Crippen LogP contribution in [0.1, 0.15) is 34.5 Å². The highest BCUT2D eigenvalue weighted by Gasteiger charge is 2.29. The van der Waals surface area contributed by atoms with Crippen LogP contribution in [0.25, 0.3) is 0 Å². The maximum atomic E-state index is 12.3. The standard InChI is InChI=1S/C18H22N2OS/c1-12-4-5-15(10-13(12)2)19-18(21)11-20-8-6-17-16(14(20)3)7-9-22-17/h4-5,7,9-10,14H,6,8,11H2,1-3H3,(H,19,21)/p+1/t14-/m0/s1. The molecule has 2 aromatic rings. The molecule has 4 heteroatoms. The van der Waals surface area contributed by atoms with Gasteiger partial charge in [-0.25, -0.2) is 0 Å². The Balaban J connectivity index is 1.64. The molecule has 0 saturated heterocycles. The SMILES string of the molecule is Cc1ccc(NC(=O)C[NH+]2CCc3sccc3[C@@H]2C)cc1C. The van der Waals surface area contributed by atoms with Crippen molar-refractivity contribution >= 4 is 22.9 Å². The minimum absolute atomic E-state index is 0.101. The normalized spacial score (nSPS) is 20.5. The lowest BCUT2D eigenvalue weighted by molar-refractivity contribution is -0.923. The third kappa shape index (κ3) is 3.08. The van der Waals surface area contributed by atoms with Gasteiger partial charge in [0.1, 0.15) is 6.04 Å². The summed E-state index contributed by atoms with van der Waals surface area (Å²) in [6.45, 7) is 7.95. The first-order chi connectivity index (χ1) is 10.5. The summed E-state index contributed by atoms with van der Waals surface area (Å²) >= 11 is 1.84.